The molecule has 1 aliphatic carbocycles. The molecule has 0 spiro atoms. The van der Waals surface area contributed by atoms with Gasteiger partial charge in [0.05, 0.1) is 13.2 Å². The lowest BCUT2D eigenvalue weighted by Crippen LogP contribution is -2.32. The molecule has 0 bridgehead atoms. The zero-order valence-electron chi connectivity index (χ0n) is 8.55. The third-order valence-electron chi connectivity index (χ3n) is 2.39. The molecular formula is C10H21NO2. The Morgan fingerprint density at radius 2 is 1.92 bits per heavy atom. The molecule has 0 aromatic rings. The largest absolute Gasteiger partial charge is 0.379 e. The maximum Gasteiger partial charge on any atom is 0.0916 e. The van der Waals surface area contributed by atoms with Crippen LogP contribution in [-0.4, -0.2) is 25.9 Å². The Morgan fingerprint density at radius 3 is 2.62 bits per heavy atom. The molecule has 1 N–H and O–H groups in total. The van der Waals surface area contributed by atoms with Crippen LogP contribution in [0.5, 0.6) is 0 Å². The average Bonchev–Trinajstić information content (AvgIpc) is 2.19. The van der Waals surface area contributed by atoms with E-state index in [1.807, 2.05) is 6.92 Å². The standard InChI is InChI=1S/C10H21NO2/c1-2-12-8-9-13-11-10-6-4-3-5-7-10/h10-11H,2-9H2,1H3. The quantitative estimate of drug-likeness (QED) is 0.508. The molecule has 0 atom stereocenters. The van der Waals surface area contributed by atoms with Crippen molar-refractivity contribution >= 4 is 0 Å². The van der Waals surface area contributed by atoms with Gasteiger partial charge in [0.2, 0.25) is 0 Å². The molecule has 0 aliphatic heterocycles. The molecule has 0 heterocycles. The summed E-state index contributed by atoms with van der Waals surface area (Å²) in [6, 6.07) is 0.579. The van der Waals surface area contributed by atoms with Crippen molar-refractivity contribution in [2.45, 2.75) is 45.1 Å². The Morgan fingerprint density at radius 1 is 1.15 bits per heavy atom. The lowest BCUT2D eigenvalue weighted by Gasteiger charge is -2.22. The number of nitrogens with one attached hydrogen (secondary N) is 1. The Hall–Kier alpha value is -0.120. The molecule has 0 aromatic heterocycles. The van der Waals surface area contributed by atoms with Gasteiger partial charge in [-0.15, -0.1) is 0 Å². The molecular weight excluding hydrogens is 166 g/mol. The van der Waals surface area contributed by atoms with Crippen LogP contribution in [0.25, 0.3) is 0 Å². The highest BCUT2D eigenvalue weighted by Gasteiger charge is 2.12. The zero-order chi connectivity index (χ0) is 9.36. The summed E-state index contributed by atoms with van der Waals surface area (Å²) in [5.74, 6) is 0. The third-order valence-corrected chi connectivity index (χ3v) is 2.39. The van der Waals surface area contributed by atoms with Crippen molar-refractivity contribution in [2.75, 3.05) is 19.8 Å². The monoisotopic (exact) mass is 187 g/mol. The smallest absolute Gasteiger partial charge is 0.0916 e. The molecule has 0 amide bonds. The summed E-state index contributed by atoms with van der Waals surface area (Å²) >= 11 is 0. The second kappa shape index (κ2) is 7.30. The van der Waals surface area contributed by atoms with Crippen LogP contribution in [0.4, 0.5) is 0 Å². The summed E-state index contributed by atoms with van der Waals surface area (Å²) in [5, 5.41) is 0. The summed E-state index contributed by atoms with van der Waals surface area (Å²) in [5.41, 5.74) is 3.10. The summed E-state index contributed by atoms with van der Waals surface area (Å²) in [6.45, 7) is 4.11. The minimum atomic E-state index is 0.579. The maximum atomic E-state index is 5.30. The van der Waals surface area contributed by atoms with Crippen LogP contribution in [0, 0.1) is 0 Å². The Kier molecular flexibility index (Phi) is 6.15. The lowest BCUT2D eigenvalue weighted by atomic mass is 9.96. The van der Waals surface area contributed by atoms with E-state index in [-0.39, 0.29) is 0 Å². The predicted molar refractivity (Wildman–Crippen MR) is 52.5 cm³/mol. The van der Waals surface area contributed by atoms with Crippen LogP contribution in [0.1, 0.15) is 39.0 Å². The van der Waals surface area contributed by atoms with Gasteiger partial charge in [0.15, 0.2) is 0 Å². The lowest BCUT2D eigenvalue weighted by molar-refractivity contribution is -0.0246. The topological polar surface area (TPSA) is 30.5 Å². The zero-order valence-corrected chi connectivity index (χ0v) is 8.55. The van der Waals surface area contributed by atoms with Crippen LogP contribution in [0.15, 0.2) is 0 Å². The summed E-state index contributed by atoms with van der Waals surface area (Å²) < 4.78 is 5.16. The van der Waals surface area contributed by atoms with Gasteiger partial charge in [0.1, 0.15) is 0 Å². The SMILES string of the molecule is CCOCCONC1CCCCC1. The van der Waals surface area contributed by atoms with Crippen molar-refractivity contribution in [3.05, 3.63) is 0 Å². The van der Waals surface area contributed by atoms with Gasteiger partial charge in [0.25, 0.3) is 0 Å². The van der Waals surface area contributed by atoms with E-state index in [0.717, 1.165) is 6.61 Å². The maximum absolute atomic E-state index is 5.30. The molecule has 1 saturated carbocycles. The Labute approximate surface area is 80.7 Å². The van der Waals surface area contributed by atoms with Crippen LogP contribution < -0.4 is 5.48 Å². The van der Waals surface area contributed by atoms with Gasteiger partial charge < -0.3 is 4.74 Å². The van der Waals surface area contributed by atoms with Crippen LogP contribution >= 0.6 is 0 Å². The summed E-state index contributed by atoms with van der Waals surface area (Å²) in [6.07, 6.45) is 6.58. The van der Waals surface area contributed by atoms with Gasteiger partial charge in [0, 0.05) is 12.6 Å². The van der Waals surface area contributed by atoms with E-state index in [1.165, 1.54) is 32.1 Å². The predicted octanol–water partition coefficient (Wildman–Crippen LogP) is 1.88. The van der Waals surface area contributed by atoms with Crippen molar-refractivity contribution in [1.82, 2.24) is 5.48 Å². The highest BCUT2D eigenvalue weighted by molar-refractivity contribution is 4.67. The first-order valence-corrected chi connectivity index (χ1v) is 5.38. The first-order valence-electron chi connectivity index (χ1n) is 5.38. The van der Waals surface area contributed by atoms with Gasteiger partial charge in [-0.1, -0.05) is 19.3 Å². The van der Waals surface area contributed by atoms with Crippen LogP contribution in [-0.2, 0) is 9.57 Å². The molecule has 0 unspecified atom stereocenters. The first kappa shape index (κ1) is 11.0. The van der Waals surface area contributed by atoms with Gasteiger partial charge >= 0.3 is 0 Å². The number of rotatable bonds is 6. The molecule has 0 radical (unpaired) electrons. The van der Waals surface area contributed by atoms with Crippen molar-refractivity contribution in [3.8, 4) is 0 Å². The number of ether oxygens (including phenoxy) is 1. The molecule has 3 heteroatoms. The second-order valence-electron chi connectivity index (χ2n) is 3.50. The van der Waals surface area contributed by atoms with Gasteiger partial charge in [-0.3, -0.25) is 4.84 Å². The van der Waals surface area contributed by atoms with Crippen LogP contribution in [0.3, 0.4) is 0 Å². The van der Waals surface area contributed by atoms with Crippen LogP contribution in [0.2, 0.25) is 0 Å². The van der Waals surface area contributed by atoms with Gasteiger partial charge in [-0.05, 0) is 19.8 Å². The Bertz CT molecular complexity index is 113. The molecule has 0 saturated heterocycles. The second-order valence-corrected chi connectivity index (χ2v) is 3.50. The minimum absolute atomic E-state index is 0.579. The molecule has 13 heavy (non-hydrogen) atoms. The van der Waals surface area contributed by atoms with E-state index in [2.05, 4.69) is 5.48 Å². The number of hydroxylamine groups is 1. The Balaban J connectivity index is 1.86. The molecule has 1 aliphatic rings. The normalized spacial score (nSPS) is 19.2. The highest BCUT2D eigenvalue weighted by atomic mass is 16.7. The fourth-order valence-corrected chi connectivity index (χ4v) is 1.64. The van der Waals surface area contributed by atoms with E-state index in [4.69, 9.17) is 9.57 Å². The highest BCUT2D eigenvalue weighted by Crippen LogP contribution is 2.16. The summed E-state index contributed by atoms with van der Waals surface area (Å²) in [7, 11) is 0. The van der Waals surface area contributed by atoms with Crippen molar-refractivity contribution < 1.29 is 9.57 Å². The average molecular weight is 187 g/mol. The molecule has 1 fully saturated rings. The van der Waals surface area contributed by atoms with E-state index in [0.29, 0.717) is 19.3 Å². The van der Waals surface area contributed by atoms with E-state index >= 15 is 0 Å². The van der Waals surface area contributed by atoms with Gasteiger partial charge in [-0.25, -0.2) is 0 Å². The minimum Gasteiger partial charge on any atom is -0.379 e. The van der Waals surface area contributed by atoms with Gasteiger partial charge in [-0.2, -0.15) is 5.48 Å². The number of hydrogen-bond donors (Lipinski definition) is 1. The van der Waals surface area contributed by atoms with Crippen molar-refractivity contribution in [3.63, 3.8) is 0 Å². The molecule has 1 rings (SSSR count). The first-order chi connectivity index (χ1) is 6.43. The number of hydrogen-bond acceptors (Lipinski definition) is 3. The molecule has 0 aromatic carbocycles. The fourth-order valence-electron chi connectivity index (χ4n) is 1.64. The van der Waals surface area contributed by atoms with Crippen molar-refractivity contribution in [1.29, 1.82) is 0 Å². The van der Waals surface area contributed by atoms with E-state index in [1.54, 1.807) is 0 Å². The van der Waals surface area contributed by atoms with E-state index < -0.39 is 0 Å². The fraction of sp³-hybridized carbons (Fsp3) is 1.00. The molecule has 78 valence electrons. The van der Waals surface area contributed by atoms with Crippen molar-refractivity contribution in [2.24, 2.45) is 0 Å². The van der Waals surface area contributed by atoms with E-state index in [9.17, 15) is 0 Å². The molecule has 3 nitrogen and oxygen atoms in total. The summed E-state index contributed by atoms with van der Waals surface area (Å²) in [4.78, 5) is 5.30. The third kappa shape index (κ3) is 5.24.